The summed E-state index contributed by atoms with van der Waals surface area (Å²) in [5, 5.41) is 2.74. The largest absolute Gasteiger partial charge is 0.493 e. The summed E-state index contributed by atoms with van der Waals surface area (Å²) in [5.74, 6) is 0.115. The molecule has 0 fully saturated rings. The Labute approximate surface area is 127 Å². The number of amides is 1. The van der Waals surface area contributed by atoms with Crippen LogP contribution in [0, 0.1) is 5.82 Å². The van der Waals surface area contributed by atoms with Crippen LogP contribution in [0.25, 0.3) is 0 Å². The van der Waals surface area contributed by atoms with Crippen molar-refractivity contribution in [2.24, 2.45) is 0 Å². The first-order chi connectivity index (χ1) is 10.7. The lowest BCUT2D eigenvalue weighted by Crippen LogP contribution is -2.20. The first-order valence-corrected chi connectivity index (χ1v) is 7.15. The summed E-state index contributed by atoms with van der Waals surface area (Å²) in [7, 11) is 0. The Morgan fingerprint density at radius 2 is 2.14 bits per heavy atom. The van der Waals surface area contributed by atoms with Gasteiger partial charge in [-0.1, -0.05) is 12.1 Å². The normalized spacial score (nSPS) is 13.0. The standard InChI is InChI=1S/C17H16FNO3/c18-14-5-1-2-6-16(14)22-11-17(20)19-13-7-8-15-12(10-13)4-3-9-21-15/h1-2,5-8,10H,3-4,9,11H2,(H,19,20). The number of fused-ring (bicyclic) bond motifs is 1. The Bertz CT molecular complexity index is 687. The van der Waals surface area contributed by atoms with Gasteiger partial charge in [-0.3, -0.25) is 4.79 Å². The summed E-state index contributed by atoms with van der Waals surface area (Å²) < 4.78 is 24.1. The summed E-state index contributed by atoms with van der Waals surface area (Å²) in [4.78, 5) is 11.9. The van der Waals surface area contributed by atoms with Gasteiger partial charge in [0.1, 0.15) is 5.75 Å². The van der Waals surface area contributed by atoms with Crippen LogP contribution in [0.5, 0.6) is 11.5 Å². The highest BCUT2D eigenvalue weighted by Crippen LogP contribution is 2.27. The van der Waals surface area contributed by atoms with Gasteiger partial charge in [-0.15, -0.1) is 0 Å². The molecule has 0 saturated carbocycles. The van der Waals surface area contributed by atoms with Crippen molar-refractivity contribution >= 4 is 11.6 Å². The van der Waals surface area contributed by atoms with E-state index in [1.807, 2.05) is 12.1 Å². The van der Waals surface area contributed by atoms with Crippen LogP contribution in [0.2, 0.25) is 0 Å². The number of halogens is 1. The number of nitrogens with one attached hydrogen (secondary N) is 1. The number of hydrogen-bond donors (Lipinski definition) is 1. The van der Waals surface area contributed by atoms with E-state index in [9.17, 15) is 9.18 Å². The van der Waals surface area contributed by atoms with Gasteiger partial charge in [0, 0.05) is 5.69 Å². The van der Waals surface area contributed by atoms with Crippen LogP contribution in [-0.2, 0) is 11.2 Å². The summed E-state index contributed by atoms with van der Waals surface area (Å²) in [6, 6.07) is 11.5. The molecule has 2 aromatic rings. The predicted octanol–water partition coefficient (Wildman–Crippen LogP) is 3.17. The van der Waals surface area contributed by atoms with Gasteiger partial charge in [-0.25, -0.2) is 4.39 Å². The molecule has 2 aromatic carbocycles. The Morgan fingerprint density at radius 3 is 3.00 bits per heavy atom. The van der Waals surface area contributed by atoms with Crippen LogP contribution in [-0.4, -0.2) is 19.1 Å². The summed E-state index contributed by atoms with van der Waals surface area (Å²) in [6.45, 7) is 0.490. The monoisotopic (exact) mass is 301 g/mol. The maximum absolute atomic E-state index is 13.4. The van der Waals surface area contributed by atoms with E-state index in [2.05, 4.69) is 5.32 Å². The fraction of sp³-hybridized carbons (Fsp3) is 0.235. The van der Waals surface area contributed by atoms with Crippen LogP contribution in [0.3, 0.4) is 0 Å². The van der Waals surface area contributed by atoms with Gasteiger partial charge < -0.3 is 14.8 Å². The molecule has 1 amide bonds. The zero-order chi connectivity index (χ0) is 15.4. The van der Waals surface area contributed by atoms with Crippen molar-refractivity contribution in [1.82, 2.24) is 0 Å². The van der Waals surface area contributed by atoms with Crippen LogP contribution >= 0.6 is 0 Å². The minimum absolute atomic E-state index is 0.0662. The number of para-hydroxylation sites is 1. The maximum Gasteiger partial charge on any atom is 0.262 e. The second kappa shape index (κ2) is 6.47. The average molecular weight is 301 g/mol. The number of anilines is 1. The van der Waals surface area contributed by atoms with E-state index in [1.54, 1.807) is 18.2 Å². The van der Waals surface area contributed by atoms with Gasteiger partial charge in [0.25, 0.3) is 5.91 Å². The first kappa shape index (κ1) is 14.4. The van der Waals surface area contributed by atoms with Gasteiger partial charge in [-0.2, -0.15) is 0 Å². The van der Waals surface area contributed by atoms with E-state index < -0.39 is 5.82 Å². The third-order valence-corrected chi connectivity index (χ3v) is 3.39. The fourth-order valence-corrected chi connectivity index (χ4v) is 2.34. The molecule has 0 bridgehead atoms. The number of carbonyl (C=O) groups excluding carboxylic acids is 1. The van der Waals surface area contributed by atoms with Crippen molar-refractivity contribution in [2.75, 3.05) is 18.5 Å². The molecule has 1 N–H and O–H groups in total. The van der Waals surface area contributed by atoms with Crippen LogP contribution < -0.4 is 14.8 Å². The fourth-order valence-electron chi connectivity index (χ4n) is 2.34. The van der Waals surface area contributed by atoms with E-state index in [4.69, 9.17) is 9.47 Å². The Balaban J connectivity index is 1.59. The minimum Gasteiger partial charge on any atom is -0.493 e. The molecule has 0 aliphatic carbocycles. The Morgan fingerprint density at radius 1 is 1.27 bits per heavy atom. The van der Waals surface area contributed by atoms with Crippen molar-refractivity contribution < 1.29 is 18.7 Å². The third kappa shape index (κ3) is 3.36. The summed E-state index contributed by atoms with van der Waals surface area (Å²) in [6.07, 6.45) is 1.91. The molecule has 5 heteroatoms. The lowest BCUT2D eigenvalue weighted by Gasteiger charge is -2.18. The lowest BCUT2D eigenvalue weighted by molar-refractivity contribution is -0.118. The molecule has 0 aromatic heterocycles. The molecule has 0 spiro atoms. The second-order valence-corrected chi connectivity index (χ2v) is 5.04. The number of aryl methyl sites for hydroxylation is 1. The molecule has 1 aliphatic heterocycles. The topological polar surface area (TPSA) is 47.6 Å². The van der Waals surface area contributed by atoms with Gasteiger partial charge in [0.2, 0.25) is 0 Å². The molecule has 114 valence electrons. The highest BCUT2D eigenvalue weighted by atomic mass is 19.1. The number of ether oxygens (including phenoxy) is 2. The number of carbonyl (C=O) groups is 1. The maximum atomic E-state index is 13.4. The number of hydrogen-bond acceptors (Lipinski definition) is 3. The predicted molar refractivity (Wildman–Crippen MR) is 80.8 cm³/mol. The van der Waals surface area contributed by atoms with E-state index in [-0.39, 0.29) is 18.3 Å². The van der Waals surface area contributed by atoms with Gasteiger partial charge in [0.15, 0.2) is 18.2 Å². The van der Waals surface area contributed by atoms with Gasteiger partial charge in [0.05, 0.1) is 6.61 Å². The van der Waals surface area contributed by atoms with Gasteiger partial charge >= 0.3 is 0 Å². The van der Waals surface area contributed by atoms with E-state index in [0.29, 0.717) is 5.69 Å². The Kier molecular flexibility index (Phi) is 4.23. The summed E-state index contributed by atoms with van der Waals surface area (Å²) in [5.41, 5.74) is 1.77. The van der Waals surface area contributed by atoms with Crippen LogP contribution in [0.15, 0.2) is 42.5 Å². The van der Waals surface area contributed by atoms with E-state index in [1.165, 1.54) is 12.1 Å². The quantitative estimate of drug-likeness (QED) is 0.943. The third-order valence-electron chi connectivity index (χ3n) is 3.39. The van der Waals surface area contributed by atoms with Crippen LogP contribution in [0.4, 0.5) is 10.1 Å². The van der Waals surface area contributed by atoms with Crippen molar-refractivity contribution in [3.05, 3.63) is 53.8 Å². The molecule has 0 saturated heterocycles. The molecular weight excluding hydrogens is 285 g/mol. The van der Waals surface area contributed by atoms with Crippen molar-refractivity contribution in [2.45, 2.75) is 12.8 Å². The van der Waals surface area contributed by atoms with Crippen molar-refractivity contribution in [3.8, 4) is 11.5 Å². The first-order valence-electron chi connectivity index (χ1n) is 7.15. The highest BCUT2D eigenvalue weighted by molar-refractivity contribution is 5.92. The van der Waals surface area contributed by atoms with Crippen molar-refractivity contribution in [1.29, 1.82) is 0 Å². The number of benzene rings is 2. The summed E-state index contributed by atoms with van der Waals surface area (Å²) >= 11 is 0. The van der Waals surface area contributed by atoms with E-state index in [0.717, 1.165) is 30.8 Å². The minimum atomic E-state index is -0.485. The zero-order valence-corrected chi connectivity index (χ0v) is 12.0. The smallest absolute Gasteiger partial charge is 0.262 e. The molecule has 0 atom stereocenters. The Hall–Kier alpha value is -2.56. The molecule has 1 heterocycles. The van der Waals surface area contributed by atoms with E-state index >= 15 is 0 Å². The second-order valence-electron chi connectivity index (χ2n) is 5.04. The van der Waals surface area contributed by atoms with Crippen LogP contribution in [0.1, 0.15) is 12.0 Å². The molecule has 1 aliphatic rings. The van der Waals surface area contributed by atoms with Gasteiger partial charge in [-0.05, 0) is 48.7 Å². The molecule has 22 heavy (non-hydrogen) atoms. The molecular formula is C17H16FNO3. The average Bonchev–Trinajstić information content (AvgIpc) is 2.54. The molecule has 4 nitrogen and oxygen atoms in total. The SMILES string of the molecule is O=C(COc1ccccc1F)Nc1ccc2c(c1)CCCO2. The highest BCUT2D eigenvalue weighted by Gasteiger charge is 2.12. The molecule has 3 rings (SSSR count). The number of rotatable bonds is 4. The lowest BCUT2D eigenvalue weighted by atomic mass is 10.1. The zero-order valence-electron chi connectivity index (χ0n) is 12.0. The van der Waals surface area contributed by atoms with Crippen molar-refractivity contribution in [3.63, 3.8) is 0 Å². The molecule has 0 unspecified atom stereocenters. The molecule has 0 radical (unpaired) electrons.